The third-order valence-electron chi connectivity index (χ3n) is 3.83. The fourth-order valence-corrected chi connectivity index (χ4v) is 3.89. The number of sulfone groups is 1. The second-order valence-electron chi connectivity index (χ2n) is 6.17. The van der Waals surface area contributed by atoms with Crippen LogP contribution in [0.5, 0.6) is 17.2 Å². The summed E-state index contributed by atoms with van der Waals surface area (Å²) in [6.45, 7) is 1.98. The predicted molar refractivity (Wildman–Crippen MR) is 105 cm³/mol. The van der Waals surface area contributed by atoms with Crippen molar-refractivity contribution in [2.45, 2.75) is 16.7 Å². The highest BCUT2D eigenvalue weighted by Gasteiger charge is 2.18. The number of hydrogen-bond donors (Lipinski definition) is 0. The Morgan fingerprint density at radius 1 is 0.607 bits per heavy atom. The Morgan fingerprint density at radius 3 is 1.54 bits per heavy atom. The molecule has 0 N–H and O–H groups in total. The van der Waals surface area contributed by atoms with E-state index in [9.17, 15) is 16.8 Å². The number of ether oxygens (including phenoxy) is 1. The fraction of sp³-hybridized carbons (Fsp3) is 0.100. The summed E-state index contributed by atoms with van der Waals surface area (Å²) in [6.07, 6.45) is 1.05. The van der Waals surface area contributed by atoms with Crippen LogP contribution in [-0.2, 0) is 20.0 Å². The Bertz CT molecular complexity index is 1160. The molecule has 0 bridgehead atoms. The van der Waals surface area contributed by atoms with Crippen molar-refractivity contribution < 1.29 is 25.8 Å². The van der Waals surface area contributed by atoms with Crippen molar-refractivity contribution in [2.24, 2.45) is 0 Å². The summed E-state index contributed by atoms with van der Waals surface area (Å²) in [5, 5.41) is 0. The summed E-state index contributed by atoms with van der Waals surface area (Å²) in [4.78, 5) is -0.107. The molecule has 0 spiro atoms. The highest BCUT2D eigenvalue weighted by atomic mass is 32.2. The maximum atomic E-state index is 12.4. The van der Waals surface area contributed by atoms with E-state index >= 15 is 0 Å². The highest BCUT2D eigenvalue weighted by Crippen LogP contribution is 2.26. The molecule has 146 valence electrons. The van der Waals surface area contributed by atoms with E-state index in [0.717, 1.165) is 11.8 Å². The van der Waals surface area contributed by atoms with Gasteiger partial charge in [0.15, 0.2) is 9.84 Å². The molecule has 0 radical (unpaired) electrons. The largest absolute Gasteiger partial charge is 0.457 e. The van der Waals surface area contributed by atoms with Gasteiger partial charge in [-0.25, -0.2) is 8.42 Å². The Morgan fingerprint density at radius 2 is 1.04 bits per heavy atom. The summed E-state index contributed by atoms with van der Waals surface area (Å²) in [5.41, 5.74) is 1.12. The van der Waals surface area contributed by atoms with Crippen molar-refractivity contribution in [3.63, 3.8) is 0 Å². The third kappa shape index (κ3) is 4.90. The Hall–Kier alpha value is -2.84. The lowest BCUT2D eigenvalue weighted by atomic mass is 10.2. The standard InChI is InChI=1S/C20H18O6S2/c1-15-3-5-16(6-4-15)25-17-7-9-18(10-8-17)26-28(23,24)20-13-11-19(12-14-20)27(2,21)22/h3-14H,1-2H3. The minimum atomic E-state index is -4.09. The Labute approximate surface area is 164 Å². The first-order valence-corrected chi connectivity index (χ1v) is 11.5. The smallest absolute Gasteiger partial charge is 0.339 e. The number of benzene rings is 3. The molecule has 6 nitrogen and oxygen atoms in total. The second-order valence-corrected chi connectivity index (χ2v) is 9.73. The van der Waals surface area contributed by atoms with E-state index in [2.05, 4.69) is 0 Å². The summed E-state index contributed by atoms with van der Waals surface area (Å²) >= 11 is 0. The SMILES string of the molecule is Cc1ccc(Oc2ccc(OS(=O)(=O)c3ccc(S(C)(=O)=O)cc3)cc2)cc1. The molecule has 0 aliphatic carbocycles. The van der Waals surface area contributed by atoms with Crippen LogP contribution in [0.1, 0.15) is 5.56 Å². The molecule has 8 heteroatoms. The summed E-state index contributed by atoms with van der Waals surface area (Å²) in [7, 11) is -7.49. The zero-order chi connectivity index (χ0) is 20.4. The van der Waals surface area contributed by atoms with Gasteiger partial charge in [-0.05, 0) is 67.6 Å². The van der Waals surface area contributed by atoms with Gasteiger partial charge in [-0.15, -0.1) is 0 Å². The van der Waals surface area contributed by atoms with Crippen molar-refractivity contribution in [1.82, 2.24) is 0 Å². The first kappa shape index (κ1) is 19.9. The maximum absolute atomic E-state index is 12.4. The minimum Gasteiger partial charge on any atom is -0.457 e. The molecule has 0 aliphatic heterocycles. The van der Waals surface area contributed by atoms with Crippen molar-refractivity contribution in [3.8, 4) is 17.2 Å². The van der Waals surface area contributed by atoms with E-state index in [1.807, 2.05) is 31.2 Å². The first-order chi connectivity index (χ1) is 13.1. The lowest BCUT2D eigenvalue weighted by Gasteiger charge is -2.09. The summed E-state index contributed by atoms with van der Waals surface area (Å²) in [6, 6.07) is 18.5. The molecule has 0 atom stereocenters. The Balaban J connectivity index is 1.72. The molecule has 0 aromatic heterocycles. The van der Waals surface area contributed by atoms with E-state index in [1.54, 1.807) is 12.1 Å². The fourth-order valence-electron chi connectivity index (χ4n) is 2.33. The van der Waals surface area contributed by atoms with Gasteiger partial charge in [0, 0.05) is 6.26 Å². The molecular weight excluding hydrogens is 400 g/mol. The molecule has 0 aliphatic rings. The summed E-state index contributed by atoms with van der Waals surface area (Å²) in [5.74, 6) is 1.31. The molecule has 0 heterocycles. The van der Waals surface area contributed by atoms with Gasteiger partial charge >= 0.3 is 10.1 Å². The maximum Gasteiger partial charge on any atom is 0.339 e. The van der Waals surface area contributed by atoms with Crippen molar-refractivity contribution in [2.75, 3.05) is 6.26 Å². The van der Waals surface area contributed by atoms with E-state index in [4.69, 9.17) is 8.92 Å². The molecule has 0 unspecified atom stereocenters. The van der Waals surface area contributed by atoms with Crippen LogP contribution in [0.3, 0.4) is 0 Å². The molecule has 0 saturated heterocycles. The van der Waals surface area contributed by atoms with Crippen LogP contribution in [0.15, 0.2) is 82.6 Å². The average Bonchev–Trinajstić information content (AvgIpc) is 2.64. The zero-order valence-corrected chi connectivity index (χ0v) is 16.8. The van der Waals surface area contributed by atoms with Gasteiger partial charge in [-0.3, -0.25) is 0 Å². The normalized spacial score (nSPS) is 11.8. The topological polar surface area (TPSA) is 86.7 Å². The zero-order valence-electron chi connectivity index (χ0n) is 15.2. The number of hydrogen-bond acceptors (Lipinski definition) is 6. The molecule has 0 amide bonds. The van der Waals surface area contributed by atoms with Crippen LogP contribution < -0.4 is 8.92 Å². The van der Waals surface area contributed by atoms with Gasteiger partial charge in [0.05, 0.1) is 4.90 Å². The molecule has 3 aromatic carbocycles. The van der Waals surface area contributed by atoms with Crippen molar-refractivity contribution in [3.05, 3.63) is 78.4 Å². The monoisotopic (exact) mass is 418 g/mol. The van der Waals surface area contributed by atoms with Crippen LogP contribution in [0.4, 0.5) is 0 Å². The van der Waals surface area contributed by atoms with Crippen molar-refractivity contribution >= 4 is 20.0 Å². The van der Waals surface area contributed by atoms with Crippen molar-refractivity contribution in [1.29, 1.82) is 0 Å². The van der Waals surface area contributed by atoms with Gasteiger partial charge < -0.3 is 8.92 Å². The van der Waals surface area contributed by atoms with E-state index in [-0.39, 0.29) is 15.5 Å². The molecule has 0 fully saturated rings. The van der Waals surface area contributed by atoms with Crippen LogP contribution in [0.2, 0.25) is 0 Å². The van der Waals surface area contributed by atoms with Gasteiger partial charge in [0.25, 0.3) is 0 Å². The van der Waals surface area contributed by atoms with E-state index in [0.29, 0.717) is 11.5 Å². The Kier molecular flexibility index (Phi) is 5.44. The highest BCUT2D eigenvalue weighted by molar-refractivity contribution is 7.90. The van der Waals surface area contributed by atoms with Gasteiger partial charge in [-0.1, -0.05) is 17.7 Å². The van der Waals surface area contributed by atoms with Crippen LogP contribution in [0, 0.1) is 6.92 Å². The predicted octanol–water partition coefficient (Wildman–Crippen LogP) is 3.96. The molecule has 3 rings (SSSR count). The van der Waals surface area contributed by atoms with Gasteiger partial charge in [-0.2, -0.15) is 8.42 Å². The number of rotatable bonds is 6. The second kappa shape index (κ2) is 7.65. The third-order valence-corrected chi connectivity index (χ3v) is 6.22. The first-order valence-electron chi connectivity index (χ1n) is 8.23. The molecule has 3 aromatic rings. The lowest BCUT2D eigenvalue weighted by molar-refractivity contribution is 0.474. The van der Waals surface area contributed by atoms with Crippen LogP contribution in [0.25, 0.3) is 0 Å². The average molecular weight is 418 g/mol. The van der Waals surface area contributed by atoms with Gasteiger partial charge in [0.2, 0.25) is 0 Å². The molecular formula is C20H18O6S2. The lowest BCUT2D eigenvalue weighted by Crippen LogP contribution is -2.10. The van der Waals surface area contributed by atoms with E-state index in [1.165, 1.54) is 36.4 Å². The van der Waals surface area contributed by atoms with Crippen LogP contribution in [-0.4, -0.2) is 23.1 Å². The molecule has 0 saturated carbocycles. The van der Waals surface area contributed by atoms with Crippen LogP contribution >= 0.6 is 0 Å². The van der Waals surface area contributed by atoms with E-state index < -0.39 is 20.0 Å². The summed E-state index contributed by atoms with van der Waals surface area (Å²) < 4.78 is 58.5. The van der Waals surface area contributed by atoms with Gasteiger partial charge in [0.1, 0.15) is 22.1 Å². The quantitative estimate of drug-likeness (QED) is 0.563. The minimum absolute atomic E-state index is 0.0315. The number of aryl methyl sites for hydroxylation is 1. The molecule has 28 heavy (non-hydrogen) atoms.